The van der Waals surface area contributed by atoms with Gasteiger partial charge in [-0.1, -0.05) is 11.6 Å². The van der Waals surface area contributed by atoms with Gasteiger partial charge in [-0.15, -0.1) is 0 Å². The number of halogens is 3. The fourth-order valence-corrected chi connectivity index (χ4v) is 4.89. The Hall–Kier alpha value is -3.37. The molecule has 1 aromatic carbocycles. The summed E-state index contributed by atoms with van der Waals surface area (Å²) < 4.78 is 33.9. The molecular formula is C23H20ClF2N7O. The SMILES string of the molecule is Fc1cnc(N2CCc3c([nH]c4ccc(Cl)c(F)c34)C2c2cnc(N3CCOCC3)nc2)nc1. The lowest BCUT2D eigenvalue weighted by atomic mass is 9.94. The third kappa shape index (κ3) is 3.54. The Bertz CT molecular complexity index is 1340. The minimum Gasteiger partial charge on any atom is -0.378 e. The predicted molar refractivity (Wildman–Crippen MR) is 123 cm³/mol. The van der Waals surface area contributed by atoms with Crippen LogP contribution in [0.4, 0.5) is 20.7 Å². The highest BCUT2D eigenvalue weighted by Crippen LogP contribution is 2.41. The van der Waals surface area contributed by atoms with Gasteiger partial charge >= 0.3 is 0 Å². The molecule has 2 aliphatic heterocycles. The zero-order valence-electron chi connectivity index (χ0n) is 18.0. The molecular weight excluding hydrogens is 464 g/mol. The summed E-state index contributed by atoms with van der Waals surface area (Å²) in [7, 11) is 0. The number of benzene rings is 1. The Morgan fingerprint density at radius 2 is 1.65 bits per heavy atom. The average molecular weight is 484 g/mol. The molecule has 6 rings (SSSR count). The zero-order chi connectivity index (χ0) is 23.2. The van der Waals surface area contributed by atoms with Gasteiger partial charge in [0.25, 0.3) is 0 Å². The van der Waals surface area contributed by atoms with Crippen molar-refractivity contribution in [1.82, 2.24) is 24.9 Å². The smallest absolute Gasteiger partial charge is 0.226 e. The first-order valence-electron chi connectivity index (χ1n) is 11.0. The first kappa shape index (κ1) is 21.2. The van der Waals surface area contributed by atoms with Crippen LogP contribution in [-0.4, -0.2) is 57.8 Å². The highest BCUT2D eigenvalue weighted by molar-refractivity contribution is 6.31. The summed E-state index contributed by atoms with van der Waals surface area (Å²) in [6.45, 7) is 3.22. The van der Waals surface area contributed by atoms with E-state index in [9.17, 15) is 4.39 Å². The molecule has 0 aliphatic carbocycles. The summed E-state index contributed by atoms with van der Waals surface area (Å²) in [5.41, 5.74) is 3.07. The summed E-state index contributed by atoms with van der Waals surface area (Å²) >= 11 is 6.08. The second-order valence-electron chi connectivity index (χ2n) is 8.26. The molecule has 2 aliphatic rings. The molecule has 8 nitrogen and oxygen atoms in total. The van der Waals surface area contributed by atoms with Crippen molar-refractivity contribution in [3.8, 4) is 0 Å². The topological polar surface area (TPSA) is 83.1 Å². The monoisotopic (exact) mass is 483 g/mol. The minimum absolute atomic E-state index is 0.0772. The molecule has 1 atom stereocenters. The van der Waals surface area contributed by atoms with E-state index in [-0.39, 0.29) is 5.02 Å². The number of nitrogens with one attached hydrogen (secondary N) is 1. The third-order valence-corrected chi connectivity index (χ3v) is 6.60. The lowest BCUT2D eigenvalue weighted by Crippen LogP contribution is -2.38. The Labute approximate surface area is 198 Å². The van der Waals surface area contributed by atoms with Gasteiger partial charge in [-0.2, -0.15) is 0 Å². The van der Waals surface area contributed by atoms with E-state index in [2.05, 4.69) is 29.8 Å². The van der Waals surface area contributed by atoms with Gasteiger partial charge in [0.1, 0.15) is 6.04 Å². The van der Waals surface area contributed by atoms with Crippen LogP contribution in [0.25, 0.3) is 10.9 Å². The number of H-pyrrole nitrogens is 1. The van der Waals surface area contributed by atoms with Gasteiger partial charge < -0.3 is 19.5 Å². The predicted octanol–water partition coefficient (Wildman–Crippen LogP) is 3.67. The van der Waals surface area contributed by atoms with Crippen LogP contribution < -0.4 is 9.80 Å². The van der Waals surface area contributed by atoms with Gasteiger partial charge in [-0.05, 0) is 24.1 Å². The number of rotatable bonds is 3. The van der Waals surface area contributed by atoms with E-state index in [0.717, 1.165) is 42.3 Å². The van der Waals surface area contributed by atoms with Crippen molar-refractivity contribution in [3.05, 3.63) is 70.4 Å². The average Bonchev–Trinajstić information content (AvgIpc) is 3.26. The van der Waals surface area contributed by atoms with Crippen molar-refractivity contribution in [3.63, 3.8) is 0 Å². The number of morpholine rings is 1. The molecule has 0 spiro atoms. The van der Waals surface area contributed by atoms with E-state index in [4.69, 9.17) is 16.3 Å². The van der Waals surface area contributed by atoms with Crippen LogP contribution in [0, 0.1) is 11.6 Å². The largest absolute Gasteiger partial charge is 0.378 e. The Balaban J connectivity index is 1.47. The standard InChI is InChI=1S/C23H20ClF2N7O/c24-16-1-2-17-18(19(16)26)15-3-4-33(23-29-11-14(25)12-30-23)21(20(15)31-17)13-9-27-22(28-10-13)32-5-7-34-8-6-32/h1-2,9-12,21,31H,3-8H2. The van der Waals surface area contributed by atoms with Gasteiger partial charge in [0.2, 0.25) is 11.9 Å². The van der Waals surface area contributed by atoms with Gasteiger partial charge in [-0.25, -0.2) is 28.7 Å². The Morgan fingerprint density at radius 1 is 0.941 bits per heavy atom. The van der Waals surface area contributed by atoms with Crippen LogP contribution in [-0.2, 0) is 11.2 Å². The van der Waals surface area contributed by atoms with E-state index < -0.39 is 17.7 Å². The van der Waals surface area contributed by atoms with Crippen molar-refractivity contribution >= 4 is 34.4 Å². The molecule has 4 aromatic rings. The van der Waals surface area contributed by atoms with Crippen LogP contribution >= 0.6 is 11.6 Å². The fraction of sp³-hybridized carbons (Fsp3) is 0.304. The first-order valence-corrected chi connectivity index (χ1v) is 11.3. The minimum atomic E-state index is -0.515. The second kappa shape index (κ2) is 8.44. The molecule has 1 fully saturated rings. The number of ether oxygens (including phenoxy) is 1. The van der Waals surface area contributed by atoms with Gasteiger partial charge in [0.15, 0.2) is 11.6 Å². The maximum Gasteiger partial charge on any atom is 0.226 e. The molecule has 0 radical (unpaired) electrons. The molecule has 1 saturated heterocycles. The van der Waals surface area contributed by atoms with E-state index in [1.165, 1.54) is 6.07 Å². The number of anilines is 2. The third-order valence-electron chi connectivity index (χ3n) is 6.31. The van der Waals surface area contributed by atoms with E-state index >= 15 is 4.39 Å². The fourth-order valence-electron chi connectivity index (χ4n) is 4.73. The van der Waals surface area contributed by atoms with E-state index in [1.54, 1.807) is 18.5 Å². The lowest BCUT2D eigenvalue weighted by Gasteiger charge is -2.36. The summed E-state index contributed by atoms with van der Waals surface area (Å²) in [6.07, 6.45) is 6.34. The summed E-state index contributed by atoms with van der Waals surface area (Å²) in [5.74, 6) is 0.0351. The molecule has 0 amide bonds. The van der Waals surface area contributed by atoms with E-state index in [0.29, 0.717) is 49.0 Å². The summed E-state index contributed by atoms with van der Waals surface area (Å²) in [6, 6.07) is 2.89. The molecule has 1 N–H and O–H groups in total. The number of hydrogen-bond acceptors (Lipinski definition) is 7. The summed E-state index contributed by atoms with van der Waals surface area (Å²) in [4.78, 5) is 25.0. The molecule has 11 heteroatoms. The van der Waals surface area contributed by atoms with Crippen LogP contribution in [0.5, 0.6) is 0 Å². The van der Waals surface area contributed by atoms with E-state index in [1.807, 2.05) is 4.90 Å². The Kier molecular flexibility index (Phi) is 5.26. The van der Waals surface area contributed by atoms with Crippen LogP contribution in [0.15, 0.2) is 36.9 Å². The molecule has 34 heavy (non-hydrogen) atoms. The van der Waals surface area contributed by atoms with Gasteiger partial charge in [-0.3, -0.25) is 0 Å². The van der Waals surface area contributed by atoms with Gasteiger partial charge in [0, 0.05) is 54.2 Å². The van der Waals surface area contributed by atoms with Crippen molar-refractivity contribution in [2.24, 2.45) is 0 Å². The van der Waals surface area contributed by atoms with Crippen LogP contribution in [0.1, 0.15) is 22.9 Å². The molecule has 5 heterocycles. The molecule has 0 bridgehead atoms. The molecule has 0 saturated carbocycles. The quantitative estimate of drug-likeness (QED) is 0.476. The maximum atomic E-state index is 15.0. The number of hydrogen-bond donors (Lipinski definition) is 1. The van der Waals surface area contributed by atoms with Gasteiger partial charge in [0.05, 0.1) is 30.6 Å². The molecule has 1 unspecified atom stereocenters. The number of nitrogens with zero attached hydrogens (tertiary/aromatic N) is 6. The van der Waals surface area contributed by atoms with Crippen molar-refractivity contribution in [2.45, 2.75) is 12.5 Å². The van der Waals surface area contributed by atoms with Crippen LogP contribution in [0.2, 0.25) is 5.02 Å². The lowest BCUT2D eigenvalue weighted by molar-refractivity contribution is 0.122. The molecule has 174 valence electrons. The number of aromatic nitrogens is 5. The highest BCUT2D eigenvalue weighted by Gasteiger charge is 2.35. The van der Waals surface area contributed by atoms with Crippen LogP contribution in [0.3, 0.4) is 0 Å². The zero-order valence-corrected chi connectivity index (χ0v) is 18.8. The maximum absolute atomic E-state index is 15.0. The Morgan fingerprint density at radius 3 is 2.38 bits per heavy atom. The summed E-state index contributed by atoms with van der Waals surface area (Å²) in [5, 5.41) is 0.561. The second-order valence-corrected chi connectivity index (χ2v) is 8.67. The van der Waals surface area contributed by atoms with Crippen molar-refractivity contribution in [1.29, 1.82) is 0 Å². The van der Waals surface area contributed by atoms with Crippen molar-refractivity contribution < 1.29 is 13.5 Å². The van der Waals surface area contributed by atoms with Crippen molar-refractivity contribution in [2.75, 3.05) is 42.6 Å². The first-order chi connectivity index (χ1) is 16.6. The number of aromatic amines is 1. The number of fused-ring (bicyclic) bond motifs is 3. The molecule has 3 aromatic heterocycles. The highest BCUT2D eigenvalue weighted by atomic mass is 35.5. The normalized spacial score (nSPS) is 18.4.